The molecule has 0 bridgehead atoms. The lowest BCUT2D eigenvalue weighted by atomic mass is 9.94. The number of nitrogens with one attached hydrogen (secondary N) is 3. The van der Waals surface area contributed by atoms with Gasteiger partial charge in [0.15, 0.2) is 0 Å². The Morgan fingerprint density at radius 1 is 0.959 bits per heavy atom. The molecule has 0 saturated carbocycles. The molecule has 0 radical (unpaired) electrons. The number of hydrogen-bond acceptors (Lipinski definition) is 8. The van der Waals surface area contributed by atoms with Crippen molar-refractivity contribution in [2.45, 2.75) is 81.5 Å². The first-order chi connectivity index (χ1) is 22.9. The van der Waals surface area contributed by atoms with Gasteiger partial charge in [0.2, 0.25) is 21.8 Å². The van der Waals surface area contributed by atoms with Crippen LogP contribution < -0.4 is 21.7 Å². The van der Waals surface area contributed by atoms with Gasteiger partial charge in [-0.1, -0.05) is 70.2 Å². The number of sulfonamides is 1. The van der Waals surface area contributed by atoms with Crippen LogP contribution in [0.25, 0.3) is 0 Å². The van der Waals surface area contributed by atoms with Crippen LogP contribution in [0.5, 0.6) is 0 Å². The maximum atomic E-state index is 13.8. The maximum absolute atomic E-state index is 13.8. The molecular weight excluding hydrogens is 666 g/mol. The van der Waals surface area contributed by atoms with Crippen LogP contribution in [-0.4, -0.2) is 67.5 Å². The van der Waals surface area contributed by atoms with Gasteiger partial charge in [0.05, 0.1) is 23.6 Å². The second kappa shape index (κ2) is 17.4. The summed E-state index contributed by atoms with van der Waals surface area (Å²) in [6, 6.07) is 17.7. The first-order valence-electron chi connectivity index (χ1n) is 16.3. The number of halogens is 1. The van der Waals surface area contributed by atoms with Crippen LogP contribution in [-0.2, 0) is 31.6 Å². The van der Waals surface area contributed by atoms with Crippen molar-refractivity contribution >= 4 is 40.2 Å². The van der Waals surface area contributed by atoms with E-state index < -0.39 is 45.6 Å². The quantitative estimate of drug-likeness (QED) is 0.0910. The average molecular weight is 716 g/mol. The van der Waals surface area contributed by atoms with Crippen molar-refractivity contribution in [2.75, 3.05) is 25.4 Å². The summed E-state index contributed by atoms with van der Waals surface area (Å²) in [5, 5.41) is 20.5. The van der Waals surface area contributed by atoms with Gasteiger partial charge in [0, 0.05) is 29.2 Å². The van der Waals surface area contributed by atoms with E-state index in [1.807, 2.05) is 58.0 Å². The van der Waals surface area contributed by atoms with Gasteiger partial charge in [-0.05, 0) is 73.6 Å². The second-order valence-electron chi connectivity index (χ2n) is 13.6. The van der Waals surface area contributed by atoms with Crippen LogP contribution in [0, 0.1) is 17.7 Å². The Bertz CT molecular complexity index is 1670. The summed E-state index contributed by atoms with van der Waals surface area (Å²) >= 11 is 4.29. The molecule has 0 saturated heterocycles. The summed E-state index contributed by atoms with van der Waals surface area (Å²) in [6.45, 7) is 10.6. The van der Waals surface area contributed by atoms with E-state index in [-0.39, 0.29) is 48.6 Å². The summed E-state index contributed by atoms with van der Waals surface area (Å²) in [4.78, 5) is 27.2. The van der Waals surface area contributed by atoms with Gasteiger partial charge in [-0.2, -0.15) is 4.31 Å². The number of nitrogens with two attached hydrogens (primary N) is 1. The maximum Gasteiger partial charge on any atom is 0.243 e. The zero-order valence-electron chi connectivity index (χ0n) is 29.0. The van der Waals surface area contributed by atoms with E-state index in [1.54, 1.807) is 26.0 Å². The number of rotatable bonds is 17. The third kappa shape index (κ3) is 11.5. The topological polar surface area (TPSA) is 154 Å². The van der Waals surface area contributed by atoms with Crippen molar-refractivity contribution in [2.24, 2.45) is 11.8 Å². The molecular formula is C36H50FN5O5S2. The van der Waals surface area contributed by atoms with Crippen LogP contribution in [0.3, 0.4) is 0 Å². The normalized spacial score (nSPS) is 14.1. The molecule has 3 rings (SSSR count). The summed E-state index contributed by atoms with van der Waals surface area (Å²) in [7, 11) is -4.08. The molecule has 3 aromatic rings. The first kappa shape index (κ1) is 39.9. The van der Waals surface area contributed by atoms with E-state index in [9.17, 15) is 27.5 Å². The first-order valence-corrected chi connectivity index (χ1v) is 18.2. The summed E-state index contributed by atoms with van der Waals surface area (Å²) in [6.07, 6.45) is -1.12. The third-order valence-electron chi connectivity index (χ3n) is 8.19. The fourth-order valence-electron chi connectivity index (χ4n) is 5.31. The monoisotopic (exact) mass is 715 g/mol. The molecule has 13 heteroatoms. The lowest BCUT2D eigenvalue weighted by Crippen LogP contribution is -2.58. The number of thiol groups is 1. The average Bonchev–Trinajstić information content (AvgIpc) is 3.03. The molecule has 0 heterocycles. The number of anilines is 1. The van der Waals surface area contributed by atoms with Gasteiger partial charge in [0.25, 0.3) is 0 Å². The number of hydrogen-bond donors (Lipinski definition) is 6. The van der Waals surface area contributed by atoms with Gasteiger partial charge < -0.3 is 21.5 Å². The number of nitrogens with zero attached hydrogens (tertiary/aromatic N) is 1. The number of carbonyl (C=O) groups is 2. The fraction of sp³-hybridized carbons (Fsp3) is 0.444. The highest BCUT2D eigenvalue weighted by Gasteiger charge is 2.34. The molecule has 0 spiro atoms. The molecule has 2 amide bonds. The molecule has 10 nitrogen and oxygen atoms in total. The SMILES string of the molecule is CC(C)CN(C[C@@H](O)[C@H](Cc1ccccc1)NC(=O)[C@@H](NC(=O)CNC(C)(C)c1cccc(F)c1)C(C)C)S(=O)(=O)c1ccc(N)c(S)c1. The van der Waals surface area contributed by atoms with E-state index in [4.69, 9.17) is 5.73 Å². The standard InChI is InChI=1S/C36H50FN5O5S2/c1-23(2)21-42(49(46,47)28-15-16-29(38)32(48)19-28)22-31(43)30(17-25-11-8-7-9-12-25)40-35(45)34(24(3)4)41-33(44)20-39-36(5,6)26-13-10-14-27(37)18-26/h7-16,18-19,23-24,30-31,34,39,43,48H,17,20-22,38H2,1-6H3,(H,40,45)(H,41,44)/t30-,31+,34-/m0/s1. The van der Waals surface area contributed by atoms with Gasteiger partial charge in [-0.25, -0.2) is 12.8 Å². The minimum Gasteiger partial charge on any atom is -0.398 e. The molecule has 268 valence electrons. The molecule has 0 unspecified atom stereocenters. The van der Waals surface area contributed by atoms with Crippen LogP contribution in [0.1, 0.15) is 52.7 Å². The zero-order chi connectivity index (χ0) is 36.5. The summed E-state index contributed by atoms with van der Waals surface area (Å²) < 4.78 is 42.6. The molecule has 3 atom stereocenters. The molecule has 6 N–H and O–H groups in total. The number of carbonyl (C=O) groups excluding carboxylic acids is 2. The predicted octanol–water partition coefficient (Wildman–Crippen LogP) is 4.10. The van der Waals surface area contributed by atoms with Crippen LogP contribution in [0.15, 0.2) is 82.6 Å². The van der Waals surface area contributed by atoms with Gasteiger partial charge in [0.1, 0.15) is 11.9 Å². The number of benzene rings is 3. The molecule has 0 aliphatic rings. The predicted molar refractivity (Wildman–Crippen MR) is 194 cm³/mol. The third-order valence-corrected chi connectivity index (χ3v) is 10.4. The molecule has 0 aliphatic heterocycles. The Labute approximate surface area is 295 Å². The van der Waals surface area contributed by atoms with Crippen molar-refractivity contribution in [1.29, 1.82) is 0 Å². The largest absolute Gasteiger partial charge is 0.398 e. The Balaban J connectivity index is 1.81. The molecule has 0 aromatic heterocycles. The van der Waals surface area contributed by atoms with Crippen molar-refractivity contribution in [3.63, 3.8) is 0 Å². The Hall–Kier alpha value is -3.49. The number of aliphatic hydroxyl groups excluding tert-OH is 1. The van der Waals surface area contributed by atoms with E-state index in [0.717, 1.165) is 5.56 Å². The van der Waals surface area contributed by atoms with Gasteiger partial charge in [-0.3, -0.25) is 14.9 Å². The van der Waals surface area contributed by atoms with Crippen molar-refractivity contribution < 1.29 is 27.5 Å². The number of aliphatic hydroxyl groups is 1. The van der Waals surface area contributed by atoms with E-state index in [1.165, 1.54) is 34.6 Å². The molecule has 49 heavy (non-hydrogen) atoms. The van der Waals surface area contributed by atoms with Gasteiger partial charge >= 0.3 is 0 Å². The van der Waals surface area contributed by atoms with Crippen LogP contribution in [0.2, 0.25) is 0 Å². The number of nitrogen functional groups attached to an aromatic ring is 1. The molecule has 0 fully saturated rings. The lowest BCUT2D eigenvalue weighted by Gasteiger charge is -2.32. The Morgan fingerprint density at radius 2 is 1.63 bits per heavy atom. The van der Waals surface area contributed by atoms with E-state index in [2.05, 4.69) is 28.6 Å². The van der Waals surface area contributed by atoms with E-state index in [0.29, 0.717) is 16.1 Å². The minimum absolute atomic E-state index is 0.0139. The molecule has 3 aromatic carbocycles. The van der Waals surface area contributed by atoms with E-state index >= 15 is 0 Å². The van der Waals surface area contributed by atoms with Crippen LogP contribution >= 0.6 is 12.6 Å². The number of amides is 2. The molecule has 0 aliphatic carbocycles. The smallest absolute Gasteiger partial charge is 0.243 e. The highest BCUT2D eigenvalue weighted by Crippen LogP contribution is 2.25. The highest BCUT2D eigenvalue weighted by atomic mass is 32.2. The second-order valence-corrected chi connectivity index (χ2v) is 16.0. The Kier molecular flexibility index (Phi) is 14.2. The fourth-order valence-corrected chi connectivity index (χ4v) is 7.26. The Morgan fingerprint density at radius 3 is 2.22 bits per heavy atom. The zero-order valence-corrected chi connectivity index (χ0v) is 30.7. The van der Waals surface area contributed by atoms with Crippen molar-refractivity contribution in [3.8, 4) is 0 Å². The van der Waals surface area contributed by atoms with Crippen molar-refractivity contribution in [1.82, 2.24) is 20.3 Å². The summed E-state index contributed by atoms with van der Waals surface area (Å²) in [5.41, 5.74) is 6.94. The van der Waals surface area contributed by atoms with Gasteiger partial charge in [-0.15, -0.1) is 12.6 Å². The summed E-state index contributed by atoms with van der Waals surface area (Å²) in [5.74, 6) is -1.76. The van der Waals surface area contributed by atoms with Crippen LogP contribution in [0.4, 0.5) is 10.1 Å². The lowest BCUT2D eigenvalue weighted by molar-refractivity contribution is -0.130. The minimum atomic E-state index is -4.08. The highest BCUT2D eigenvalue weighted by molar-refractivity contribution is 7.89. The van der Waals surface area contributed by atoms with Crippen molar-refractivity contribution in [3.05, 3.63) is 89.7 Å².